The lowest BCUT2D eigenvalue weighted by Gasteiger charge is -2.34. The summed E-state index contributed by atoms with van der Waals surface area (Å²) < 4.78 is 25.8. The molecule has 5 heteroatoms. The molecule has 1 aromatic carbocycles. The van der Waals surface area contributed by atoms with E-state index in [0.29, 0.717) is 13.0 Å². The lowest BCUT2D eigenvalue weighted by molar-refractivity contribution is 0.145. The highest BCUT2D eigenvalue weighted by Gasteiger charge is 2.21. The van der Waals surface area contributed by atoms with Crippen molar-refractivity contribution >= 4 is 5.69 Å². The van der Waals surface area contributed by atoms with Crippen LogP contribution < -0.4 is 10.2 Å². The third kappa shape index (κ3) is 4.38. The number of hydrogen-bond donors (Lipinski definition) is 2. The summed E-state index contributed by atoms with van der Waals surface area (Å²) in [5, 5.41) is 12.8. The molecule has 21 heavy (non-hydrogen) atoms. The van der Waals surface area contributed by atoms with Crippen LogP contribution in [0.2, 0.25) is 0 Å². The molecule has 1 fully saturated rings. The SMILES string of the molecule is CC(NCCCF)c1cc(F)ccc1N1CCC(O)CC1. The molecule has 0 spiro atoms. The number of nitrogens with one attached hydrogen (secondary N) is 1. The van der Waals surface area contributed by atoms with E-state index in [9.17, 15) is 13.9 Å². The number of rotatable bonds is 6. The normalized spacial score (nSPS) is 18.0. The Morgan fingerprint density at radius 2 is 2.10 bits per heavy atom. The van der Waals surface area contributed by atoms with Gasteiger partial charge in [0.05, 0.1) is 12.8 Å². The summed E-state index contributed by atoms with van der Waals surface area (Å²) in [6.07, 6.45) is 1.71. The lowest BCUT2D eigenvalue weighted by atomic mass is 10.0. The molecule has 1 atom stereocenters. The van der Waals surface area contributed by atoms with Gasteiger partial charge in [0.25, 0.3) is 0 Å². The van der Waals surface area contributed by atoms with Crippen molar-refractivity contribution in [2.24, 2.45) is 0 Å². The summed E-state index contributed by atoms with van der Waals surface area (Å²) in [6.45, 7) is 3.75. The molecule has 2 rings (SSSR count). The topological polar surface area (TPSA) is 35.5 Å². The highest BCUT2D eigenvalue weighted by Crippen LogP contribution is 2.29. The number of alkyl halides is 1. The van der Waals surface area contributed by atoms with Crippen molar-refractivity contribution in [2.75, 3.05) is 31.2 Å². The van der Waals surface area contributed by atoms with Gasteiger partial charge in [-0.05, 0) is 56.5 Å². The maximum absolute atomic E-state index is 13.6. The van der Waals surface area contributed by atoms with Gasteiger partial charge in [0, 0.05) is 24.8 Å². The number of hydrogen-bond acceptors (Lipinski definition) is 3. The van der Waals surface area contributed by atoms with Crippen molar-refractivity contribution in [1.82, 2.24) is 5.32 Å². The molecule has 118 valence electrons. The van der Waals surface area contributed by atoms with Crippen molar-refractivity contribution in [3.8, 4) is 0 Å². The van der Waals surface area contributed by atoms with E-state index in [4.69, 9.17) is 0 Å². The molecule has 0 radical (unpaired) electrons. The van der Waals surface area contributed by atoms with Crippen LogP contribution in [0.25, 0.3) is 0 Å². The van der Waals surface area contributed by atoms with Crippen LogP contribution in [0.15, 0.2) is 18.2 Å². The lowest BCUT2D eigenvalue weighted by Crippen LogP contribution is -2.37. The first-order chi connectivity index (χ1) is 10.1. The number of benzene rings is 1. The zero-order valence-corrected chi connectivity index (χ0v) is 12.5. The molecule has 0 aliphatic carbocycles. The summed E-state index contributed by atoms with van der Waals surface area (Å²) >= 11 is 0. The Morgan fingerprint density at radius 3 is 2.76 bits per heavy atom. The third-order valence-electron chi connectivity index (χ3n) is 4.02. The van der Waals surface area contributed by atoms with Crippen molar-refractivity contribution in [3.05, 3.63) is 29.6 Å². The minimum atomic E-state index is -0.347. The van der Waals surface area contributed by atoms with Crippen LogP contribution in [0.4, 0.5) is 14.5 Å². The minimum absolute atomic E-state index is 0.0332. The van der Waals surface area contributed by atoms with Crippen molar-refractivity contribution in [1.29, 1.82) is 0 Å². The fraction of sp³-hybridized carbons (Fsp3) is 0.625. The van der Waals surface area contributed by atoms with Gasteiger partial charge in [-0.25, -0.2) is 4.39 Å². The van der Waals surface area contributed by atoms with E-state index in [0.717, 1.165) is 37.2 Å². The van der Waals surface area contributed by atoms with Gasteiger partial charge in [0.2, 0.25) is 0 Å². The summed E-state index contributed by atoms with van der Waals surface area (Å²) in [4.78, 5) is 2.19. The van der Waals surface area contributed by atoms with Gasteiger partial charge in [-0.15, -0.1) is 0 Å². The Balaban J connectivity index is 2.13. The number of anilines is 1. The first-order valence-corrected chi connectivity index (χ1v) is 7.63. The first kappa shape index (κ1) is 16.2. The molecule has 1 unspecified atom stereocenters. The molecular weight excluding hydrogens is 274 g/mol. The smallest absolute Gasteiger partial charge is 0.123 e. The number of piperidine rings is 1. The van der Waals surface area contributed by atoms with Gasteiger partial charge in [0.1, 0.15) is 5.82 Å². The predicted molar refractivity (Wildman–Crippen MR) is 80.9 cm³/mol. The second kappa shape index (κ2) is 7.71. The van der Waals surface area contributed by atoms with E-state index in [1.165, 1.54) is 6.07 Å². The van der Waals surface area contributed by atoms with E-state index in [-0.39, 0.29) is 24.6 Å². The summed E-state index contributed by atoms with van der Waals surface area (Å²) in [6, 6.07) is 4.79. The standard InChI is InChI=1S/C16H24F2N2O/c1-12(19-8-2-7-17)15-11-13(18)3-4-16(15)20-9-5-14(21)6-10-20/h3-4,11-12,14,19,21H,2,5-10H2,1H3. The number of halogens is 2. The molecule has 2 N–H and O–H groups in total. The van der Waals surface area contributed by atoms with Gasteiger partial charge < -0.3 is 15.3 Å². The Kier molecular flexibility index (Phi) is 5.94. The van der Waals surface area contributed by atoms with Gasteiger partial charge in [0.15, 0.2) is 0 Å². The van der Waals surface area contributed by atoms with E-state index in [1.807, 2.05) is 6.92 Å². The van der Waals surface area contributed by atoms with Crippen molar-refractivity contribution < 1.29 is 13.9 Å². The number of aliphatic hydroxyl groups is 1. The maximum Gasteiger partial charge on any atom is 0.123 e. The summed E-state index contributed by atoms with van der Waals surface area (Å²) in [5.41, 5.74) is 1.90. The van der Waals surface area contributed by atoms with Crippen molar-refractivity contribution in [2.45, 2.75) is 38.3 Å². The highest BCUT2D eigenvalue weighted by atomic mass is 19.1. The van der Waals surface area contributed by atoms with E-state index >= 15 is 0 Å². The molecule has 1 aliphatic heterocycles. The minimum Gasteiger partial charge on any atom is -0.393 e. The quantitative estimate of drug-likeness (QED) is 0.793. The van der Waals surface area contributed by atoms with Gasteiger partial charge in [-0.2, -0.15) is 0 Å². The Labute approximate surface area is 125 Å². The van der Waals surface area contributed by atoms with Crippen LogP contribution in [0.1, 0.15) is 37.8 Å². The second-order valence-electron chi connectivity index (χ2n) is 5.64. The molecule has 1 heterocycles. The highest BCUT2D eigenvalue weighted by molar-refractivity contribution is 5.55. The first-order valence-electron chi connectivity index (χ1n) is 7.63. The fourth-order valence-electron chi connectivity index (χ4n) is 2.76. The Morgan fingerprint density at radius 1 is 1.38 bits per heavy atom. The molecule has 0 saturated carbocycles. The summed E-state index contributed by atoms with van der Waals surface area (Å²) in [7, 11) is 0. The largest absolute Gasteiger partial charge is 0.393 e. The Bertz CT molecular complexity index is 448. The molecule has 0 amide bonds. The van der Waals surface area contributed by atoms with Crippen LogP contribution in [-0.2, 0) is 0 Å². The second-order valence-corrected chi connectivity index (χ2v) is 5.64. The number of nitrogens with zero attached hydrogens (tertiary/aromatic N) is 1. The molecule has 1 aliphatic rings. The third-order valence-corrected chi connectivity index (χ3v) is 4.02. The monoisotopic (exact) mass is 298 g/mol. The molecule has 3 nitrogen and oxygen atoms in total. The van der Waals surface area contributed by atoms with Gasteiger partial charge >= 0.3 is 0 Å². The van der Waals surface area contributed by atoms with E-state index in [2.05, 4.69) is 10.2 Å². The van der Waals surface area contributed by atoms with Crippen LogP contribution >= 0.6 is 0 Å². The van der Waals surface area contributed by atoms with Crippen LogP contribution in [0.5, 0.6) is 0 Å². The molecule has 1 saturated heterocycles. The van der Waals surface area contributed by atoms with Crippen molar-refractivity contribution in [3.63, 3.8) is 0 Å². The number of aliphatic hydroxyl groups excluding tert-OH is 1. The molecular formula is C16H24F2N2O. The maximum atomic E-state index is 13.6. The van der Waals surface area contributed by atoms with Gasteiger partial charge in [-0.1, -0.05) is 0 Å². The fourth-order valence-corrected chi connectivity index (χ4v) is 2.76. The van der Waals surface area contributed by atoms with Crippen LogP contribution in [-0.4, -0.2) is 37.5 Å². The predicted octanol–water partition coefficient (Wildman–Crippen LogP) is 2.80. The molecule has 0 aromatic heterocycles. The zero-order chi connectivity index (χ0) is 15.2. The van der Waals surface area contributed by atoms with E-state index < -0.39 is 0 Å². The average Bonchev–Trinajstić information content (AvgIpc) is 2.48. The van der Waals surface area contributed by atoms with E-state index in [1.54, 1.807) is 12.1 Å². The molecule has 1 aromatic rings. The summed E-state index contributed by atoms with van der Waals surface area (Å²) in [5.74, 6) is -0.259. The molecule has 0 bridgehead atoms. The van der Waals surface area contributed by atoms with Crippen LogP contribution in [0, 0.1) is 5.82 Å². The van der Waals surface area contributed by atoms with Gasteiger partial charge in [-0.3, -0.25) is 4.39 Å². The zero-order valence-electron chi connectivity index (χ0n) is 12.5. The average molecular weight is 298 g/mol. The Hall–Kier alpha value is -1.20. The van der Waals surface area contributed by atoms with Crippen LogP contribution in [0.3, 0.4) is 0 Å².